The number of anilines is 1. The molecule has 0 aromatic heterocycles. The van der Waals surface area contributed by atoms with Crippen LogP contribution < -0.4 is 14.4 Å². The molecule has 2 aliphatic rings. The molecule has 0 saturated carbocycles. The van der Waals surface area contributed by atoms with Crippen LogP contribution in [0.2, 0.25) is 0 Å². The number of benzene rings is 2. The lowest BCUT2D eigenvalue weighted by atomic mass is 10.0. The lowest BCUT2D eigenvalue weighted by Gasteiger charge is -2.41. The molecule has 3 N–H and O–H groups in total. The normalized spacial score (nSPS) is 26.1. The van der Waals surface area contributed by atoms with Gasteiger partial charge < -0.3 is 24.6 Å². The van der Waals surface area contributed by atoms with Crippen LogP contribution in [0.15, 0.2) is 53.4 Å². The fourth-order valence-corrected chi connectivity index (χ4v) is 5.68. The van der Waals surface area contributed by atoms with Gasteiger partial charge in [0.25, 0.3) is 0 Å². The van der Waals surface area contributed by atoms with Crippen molar-refractivity contribution in [3.63, 3.8) is 0 Å². The molecule has 0 unspecified atom stereocenters. The number of halogens is 1. The Hall–Kier alpha value is -2.28. The largest absolute Gasteiger partial charge is 0.495 e. The molecule has 4 rings (SSSR count). The molecule has 2 aromatic rings. The molecule has 0 radical (unpaired) electrons. The van der Waals surface area contributed by atoms with Gasteiger partial charge in [-0.05, 0) is 36.4 Å². The van der Waals surface area contributed by atoms with E-state index in [4.69, 9.17) is 9.47 Å². The van der Waals surface area contributed by atoms with Gasteiger partial charge in [-0.25, -0.2) is 17.5 Å². The average molecular weight is 496 g/mol. The fraction of sp³-hybridized carbons (Fsp3) is 0.478. The first kappa shape index (κ1) is 24.8. The van der Waals surface area contributed by atoms with Gasteiger partial charge in [0.15, 0.2) is 0 Å². The van der Waals surface area contributed by atoms with Crippen molar-refractivity contribution >= 4 is 15.7 Å². The Morgan fingerprint density at radius 3 is 2.41 bits per heavy atom. The van der Waals surface area contributed by atoms with Gasteiger partial charge in [-0.2, -0.15) is 0 Å². The highest BCUT2D eigenvalue weighted by Gasteiger charge is 2.47. The monoisotopic (exact) mass is 495 g/mol. The Labute approximate surface area is 198 Å². The Morgan fingerprint density at radius 1 is 1.09 bits per heavy atom. The van der Waals surface area contributed by atoms with E-state index in [2.05, 4.69) is 14.5 Å². The number of hydrogen-bond acceptors (Lipinski definition) is 8. The summed E-state index contributed by atoms with van der Waals surface area (Å²) in [5, 5.41) is 20.5. The van der Waals surface area contributed by atoms with Gasteiger partial charge >= 0.3 is 0 Å². The van der Waals surface area contributed by atoms with Crippen LogP contribution in [0.3, 0.4) is 0 Å². The van der Waals surface area contributed by atoms with Crippen molar-refractivity contribution in [1.29, 1.82) is 0 Å². The molecule has 2 aliphatic heterocycles. The Morgan fingerprint density at radius 2 is 1.76 bits per heavy atom. The van der Waals surface area contributed by atoms with E-state index < -0.39 is 40.2 Å². The van der Waals surface area contributed by atoms with Crippen LogP contribution in [0.4, 0.5) is 10.1 Å². The lowest BCUT2D eigenvalue weighted by Crippen LogP contribution is -2.57. The minimum atomic E-state index is -3.89. The van der Waals surface area contributed by atoms with Crippen molar-refractivity contribution in [2.45, 2.75) is 29.2 Å². The predicted octanol–water partition coefficient (Wildman–Crippen LogP) is 0.424. The number of piperazine rings is 1. The van der Waals surface area contributed by atoms with Crippen LogP contribution in [-0.2, 0) is 14.8 Å². The van der Waals surface area contributed by atoms with E-state index in [1.807, 2.05) is 24.3 Å². The van der Waals surface area contributed by atoms with Crippen LogP contribution >= 0.6 is 0 Å². The molecule has 0 aliphatic carbocycles. The van der Waals surface area contributed by atoms with Gasteiger partial charge in [0.1, 0.15) is 23.8 Å². The van der Waals surface area contributed by atoms with E-state index in [1.54, 1.807) is 7.11 Å². The summed E-state index contributed by atoms with van der Waals surface area (Å²) in [7, 11) is -2.26. The second-order valence-electron chi connectivity index (χ2n) is 8.38. The summed E-state index contributed by atoms with van der Waals surface area (Å²) < 4.78 is 52.2. The number of aliphatic hydroxyl groups is 2. The SMILES string of the molecule is COc1ccccc1N1CCN([C@H]2[C@H](O)[C@H](CO)O[C@@H]2CNS(=O)(=O)c2ccc(F)cc2)CC1. The minimum Gasteiger partial charge on any atom is -0.495 e. The molecule has 4 atom stereocenters. The van der Waals surface area contributed by atoms with Crippen molar-refractivity contribution in [1.82, 2.24) is 9.62 Å². The summed E-state index contributed by atoms with van der Waals surface area (Å²) in [5.41, 5.74) is 0.990. The molecule has 11 heteroatoms. The van der Waals surface area contributed by atoms with Crippen LogP contribution in [0, 0.1) is 5.82 Å². The maximum atomic E-state index is 13.2. The molecular weight excluding hydrogens is 465 g/mol. The first-order valence-electron chi connectivity index (χ1n) is 11.2. The van der Waals surface area contributed by atoms with E-state index >= 15 is 0 Å². The molecule has 186 valence electrons. The summed E-state index contributed by atoms with van der Waals surface area (Å²) in [6, 6.07) is 11.8. The molecular formula is C23H30FN3O6S. The van der Waals surface area contributed by atoms with Gasteiger partial charge in [-0.15, -0.1) is 0 Å². The molecule has 2 aromatic carbocycles. The molecule has 2 fully saturated rings. The summed E-state index contributed by atoms with van der Waals surface area (Å²) in [6.07, 6.45) is -2.44. The Kier molecular flexibility index (Phi) is 7.70. The highest BCUT2D eigenvalue weighted by molar-refractivity contribution is 7.89. The van der Waals surface area contributed by atoms with Gasteiger partial charge in [0.05, 0.1) is 36.4 Å². The zero-order chi connectivity index (χ0) is 24.3. The van der Waals surface area contributed by atoms with Crippen molar-refractivity contribution in [3.8, 4) is 5.75 Å². The van der Waals surface area contributed by atoms with Crippen LogP contribution in [0.25, 0.3) is 0 Å². The quantitative estimate of drug-likeness (QED) is 0.484. The number of hydrogen-bond donors (Lipinski definition) is 3. The maximum absolute atomic E-state index is 13.2. The van der Waals surface area contributed by atoms with Crippen molar-refractivity contribution < 1.29 is 32.5 Å². The Bertz CT molecular complexity index is 1060. The number of ether oxygens (including phenoxy) is 2. The van der Waals surface area contributed by atoms with Crippen LogP contribution in [-0.4, -0.2) is 94.3 Å². The number of nitrogens with one attached hydrogen (secondary N) is 1. The third-order valence-electron chi connectivity index (χ3n) is 6.40. The van der Waals surface area contributed by atoms with Crippen molar-refractivity contribution in [2.75, 3.05) is 51.3 Å². The number of rotatable bonds is 8. The second-order valence-corrected chi connectivity index (χ2v) is 10.1. The zero-order valence-electron chi connectivity index (χ0n) is 18.9. The summed E-state index contributed by atoms with van der Waals surface area (Å²) in [6.45, 7) is 2.12. The fourth-order valence-electron chi connectivity index (χ4n) is 4.64. The molecule has 2 heterocycles. The summed E-state index contributed by atoms with van der Waals surface area (Å²) in [4.78, 5) is 4.21. The Balaban J connectivity index is 1.44. The highest BCUT2D eigenvalue weighted by atomic mass is 32.2. The smallest absolute Gasteiger partial charge is 0.240 e. The molecule has 2 saturated heterocycles. The third kappa shape index (κ3) is 5.19. The summed E-state index contributed by atoms with van der Waals surface area (Å²) in [5.74, 6) is 0.257. The van der Waals surface area contributed by atoms with Crippen LogP contribution in [0.5, 0.6) is 5.75 Å². The molecule has 9 nitrogen and oxygen atoms in total. The number of methoxy groups -OCH3 is 1. The standard InChI is InChI=1S/C23H30FN3O6S/c1-32-19-5-3-2-4-18(19)26-10-12-27(13-11-26)22-20(33-21(15-28)23(22)29)14-25-34(30,31)17-8-6-16(24)7-9-17/h2-9,20-23,25,28-29H,10-15H2,1H3/t20-,21+,22-,23-/m1/s1. The third-order valence-corrected chi connectivity index (χ3v) is 7.84. The van der Waals surface area contributed by atoms with Gasteiger partial charge in [-0.3, -0.25) is 4.90 Å². The molecule has 34 heavy (non-hydrogen) atoms. The first-order valence-corrected chi connectivity index (χ1v) is 12.6. The lowest BCUT2D eigenvalue weighted by molar-refractivity contribution is -0.0201. The van der Waals surface area contributed by atoms with Crippen LogP contribution in [0.1, 0.15) is 0 Å². The van der Waals surface area contributed by atoms with Crippen molar-refractivity contribution in [3.05, 3.63) is 54.3 Å². The van der Waals surface area contributed by atoms with Gasteiger partial charge in [0, 0.05) is 32.7 Å². The topological polar surface area (TPSA) is 112 Å². The average Bonchev–Trinajstić information content (AvgIpc) is 3.18. The maximum Gasteiger partial charge on any atom is 0.240 e. The van der Waals surface area contributed by atoms with Crippen molar-refractivity contribution in [2.24, 2.45) is 0 Å². The first-order chi connectivity index (χ1) is 16.3. The van der Waals surface area contributed by atoms with E-state index in [0.717, 1.165) is 23.6 Å². The zero-order valence-corrected chi connectivity index (χ0v) is 19.7. The minimum absolute atomic E-state index is 0.0619. The second kappa shape index (κ2) is 10.5. The van der Waals surface area contributed by atoms with Gasteiger partial charge in [-0.1, -0.05) is 12.1 Å². The number of aliphatic hydroxyl groups excluding tert-OH is 2. The van der Waals surface area contributed by atoms with E-state index in [-0.39, 0.29) is 18.0 Å². The van der Waals surface area contributed by atoms with E-state index in [0.29, 0.717) is 26.2 Å². The molecule has 0 bridgehead atoms. The number of para-hydroxylation sites is 2. The summed E-state index contributed by atoms with van der Waals surface area (Å²) >= 11 is 0. The van der Waals surface area contributed by atoms with Gasteiger partial charge in [0.2, 0.25) is 10.0 Å². The molecule has 0 amide bonds. The number of sulfonamides is 1. The number of nitrogens with zero attached hydrogens (tertiary/aromatic N) is 2. The van der Waals surface area contributed by atoms with E-state index in [1.165, 1.54) is 12.1 Å². The highest BCUT2D eigenvalue weighted by Crippen LogP contribution is 2.31. The van der Waals surface area contributed by atoms with E-state index in [9.17, 15) is 23.0 Å². The predicted molar refractivity (Wildman–Crippen MR) is 124 cm³/mol. The molecule has 0 spiro atoms.